The smallest absolute Gasteiger partial charge is 0.0323 e. The molecule has 1 aliphatic heterocycles. The lowest BCUT2D eigenvalue weighted by molar-refractivity contribution is 0.218. The largest absolute Gasteiger partial charge is 0.292 e. The third-order valence-corrected chi connectivity index (χ3v) is 4.44. The van der Waals surface area contributed by atoms with Gasteiger partial charge in [0.25, 0.3) is 0 Å². The van der Waals surface area contributed by atoms with Crippen molar-refractivity contribution >= 4 is 11.3 Å². The Balaban J connectivity index is 0.000000861. The minimum absolute atomic E-state index is 0.415. The van der Waals surface area contributed by atoms with Crippen LogP contribution in [0.15, 0.2) is 48.4 Å². The highest BCUT2D eigenvalue weighted by Crippen LogP contribution is 2.26. The average molecular weight is 275 g/mol. The van der Waals surface area contributed by atoms with Crippen molar-refractivity contribution < 1.29 is 0 Å². The highest BCUT2D eigenvalue weighted by molar-refractivity contribution is 7.10. The van der Waals surface area contributed by atoms with Gasteiger partial charge in [0.2, 0.25) is 0 Å². The Morgan fingerprint density at radius 3 is 2.79 bits per heavy atom. The van der Waals surface area contributed by atoms with E-state index in [1.165, 1.54) is 17.6 Å². The minimum Gasteiger partial charge on any atom is -0.292 e. The summed E-state index contributed by atoms with van der Waals surface area (Å²) in [6.45, 7) is 16.1. The highest BCUT2D eigenvalue weighted by atomic mass is 32.1. The summed E-state index contributed by atoms with van der Waals surface area (Å²) < 4.78 is 0. The number of hydrogen-bond acceptors (Lipinski definition) is 2. The van der Waals surface area contributed by atoms with E-state index in [0.717, 1.165) is 13.1 Å². The summed E-state index contributed by atoms with van der Waals surface area (Å²) in [5.74, 6) is 0. The van der Waals surface area contributed by atoms with E-state index in [1.54, 1.807) is 4.88 Å². The Hall–Kier alpha value is -1.12. The van der Waals surface area contributed by atoms with E-state index in [-0.39, 0.29) is 0 Å². The van der Waals surface area contributed by atoms with E-state index in [1.807, 2.05) is 37.3 Å². The maximum absolute atomic E-state index is 3.89. The maximum atomic E-state index is 3.89. The molecule has 1 aromatic rings. The zero-order valence-electron chi connectivity index (χ0n) is 12.4. The molecule has 0 spiro atoms. The van der Waals surface area contributed by atoms with Crippen molar-refractivity contribution in [1.82, 2.24) is 4.90 Å². The van der Waals surface area contributed by atoms with Crippen LogP contribution in [0.4, 0.5) is 0 Å². The number of rotatable bonds is 4. The summed E-state index contributed by atoms with van der Waals surface area (Å²) >= 11 is 1.89. The molecule has 0 amide bonds. The summed E-state index contributed by atoms with van der Waals surface area (Å²) in [6, 6.07) is 2.67. The lowest BCUT2D eigenvalue weighted by atomic mass is 10.0. The number of nitrogens with zero attached hydrogens (tertiary/aromatic N) is 1. The highest BCUT2D eigenvalue weighted by Gasteiger charge is 2.22. The van der Waals surface area contributed by atoms with Crippen LogP contribution in [0.25, 0.3) is 0 Å². The van der Waals surface area contributed by atoms with Gasteiger partial charge in [-0.15, -0.1) is 11.3 Å². The van der Waals surface area contributed by atoms with Crippen molar-refractivity contribution in [2.24, 2.45) is 0 Å². The van der Waals surface area contributed by atoms with Crippen LogP contribution in [0.3, 0.4) is 0 Å². The standard InChI is InChI=1S/C15H19NS.C2H6/c1-4-6-13(5-2)12(3)16-9-7-15-14(11-16)8-10-17-15;1-2/h4-6,8,10,12H,1-2,7,9,11H2,3H3;1-2H3/b13-6+;. The van der Waals surface area contributed by atoms with Crippen molar-refractivity contribution in [3.8, 4) is 0 Å². The second kappa shape index (κ2) is 8.13. The molecule has 2 rings (SSSR count). The summed E-state index contributed by atoms with van der Waals surface area (Å²) in [7, 11) is 0. The lowest BCUT2D eigenvalue weighted by Crippen LogP contribution is -2.37. The molecule has 1 aromatic heterocycles. The van der Waals surface area contributed by atoms with Gasteiger partial charge in [-0.3, -0.25) is 4.90 Å². The van der Waals surface area contributed by atoms with Crippen molar-refractivity contribution in [2.45, 2.75) is 39.8 Å². The molecule has 2 heteroatoms. The predicted molar refractivity (Wildman–Crippen MR) is 87.7 cm³/mol. The molecule has 0 fully saturated rings. The van der Waals surface area contributed by atoms with Crippen LogP contribution in [0.5, 0.6) is 0 Å². The number of hydrogen-bond donors (Lipinski definition) is 0. The first-order chi connectivity index (χ1) is 9.26. The van der Waals surface area contributed by atoms with E-state index < -0.39 is 0 Å². The van der Waals surface area contributed by atoms with E-state index in [4.69, 9.17) is 0 Å². The number of thiophene rings is 1. The van der Waals surface area contributed by atoms with E-state index in [0.29, 0.717) is 6.04 Å². The van der Waals surface area contributed by atoms with E-state index in [9.17, 15) is 0 Å². The predicted octanol–water partition coefficient (Wildman–Crippen LogP) is 4.82. The maximum Gasteiger partial charge on any atom is 0.0323 e. The fraction of sp³-hybridized carbons (Fsp3) is 0.412. The van der Waals surface area contributed by atoms with Gasteiger partial charge in [0, 0.05) is 24.0 Å². The molecule has 1 nitrogen and oxygen atoms in total. The van der Waals surface area contributed by atoms with Gasteiger partial charge in [-0.25, -0.2) is 0 Å². The fourth-order valence-corrected chi connectivity index (χ4v) is 3.22. The second-order valence-electron chi connectivity index (χ2n) is 4.37. The number of allylic oxidation sites excluding steroid dienone is 2. The zero-order chi connectivity index (χ0) is 14.3. The lowest BCUT2D eigenvalue weighted by Gasteiger charge is -2.33. The van der Waals surface area contributed by atoms with Gasteiger partial charge < -0.3 is 0 Å². The van der Waals surface area contributed by atoms with Gasteiger partial charge in [-0.1, -0.05) is 45.2 Å². The van der Waals surface area contributed by atoms with Gasteiger partial charge in [-0.2, -0.15) is 0 Å². The number of fused-ring (bicyclic) bond motifs is 1. The van der Waals surface area contributed by atoms with Gasteiger partial charge >= 0.3 is 0 Å². The molecule has 19 heavy (non-hydrogen) atoms. The fourth-order valence-electron chi connectivity index (χ4n) is 2.33. The van der Waals surface area contributed by atoms with Crippen molar-refractivity contribution in [3.05, 3.63) is 58.8 Å². The molecular weight excluding hydrogens is 250 g/mol. The van der Waals surface area contributed by atoms with Crippen molar-refractivity contribution in [2.75, 3.05) is 6.54 Å². The molecule has 0 saturated heterocycles. The van der Waals surface area contributed by atoms with Gasteiger partial charge in [-0.05, 0) is 35.9 Å². The van der Waals surface area contributed by atoms with E-state index >= 15 is 0 Å². The average Bonchev–Trinajstić information content (AvgIpc) is 2.93. The van der Waals surface area contributed by atoms with Crippen molar-refractivity contribution in [3.63, 3.8) is 0 Å². The first kappa shape index (κ1) is 15.9. The Morgan fingerprint density at radius 2 is 2.16 bits per heavy atom. The molecule has 0 bridgehead atoms. The van der Waals surface area contributed by atoms with Crippen LogP contribution in [0.2, 0.25) is 0 Å². The van der Waals surface area contributed by atoms with Crippen LogP contribution < -0.4 is 0 Å². The molecular formula is C17H25NS. The summed E-state index contributed by atoms with van der Waals surface area (Å²) in [6.07, 6.45) is 7.01. The Morgan fingerprint density at radius 1 is 1.42 bits per heavy atom. The molecule has 0 radical (unpaired) electrons. The topological polar surface area (TPSA) is 3.24 Å². The molecule has 0 aliphatic carbocycles. The monoisotopic (exact) mass is 275 g/mol. The summed E-state index contributed by atoms with van der Waals surface area (Å²) in [4.78, 5) is 4.06. The molecule has 0 saturated carbocycles. The van der Waals surface area contributed by atoms with Crippen LogP contribution >= 0.6 is 11.3 Å². The Bertz CT molecular complexity index is 442. The summed E-state index contributed by atoms with van der Waals surface area (Å²) in [5, 5.41) is 2.20. The first-order valence-electron chi connectivity index (χ1n) is 7.00. The van der Waals surface area contributed by atoms with Crippen LogP contribution in [0.1, 0.15) is 31.2 Å². The third-order valence-electron chi connectivity index (χ3n) is 3.41. The molecule has 104 valence electrons. The quantitative estimate of drug-likeness (QED) is 0.712. The van der Waals surface area contributed by atoms with Crippen LogP contribution in [0, 0.1) is 0 Å². The minimum atomic E-state index is 0.415. The summed E-state index contributed by atoms with van der Waals surface area (Å²) in [5.41, 5.74) is 2.74. The normalized spacial score (nSPS) is 16.9. The van der Waals surface area contributed by atoms with E-state index in [2.05, 4.69) is 42.5 Å². The van der Waals surface area contributed by atoms with Crippen LogP contribution in [-0.4, -0.2) is 17.5 Å². The molecule has 0 N–H and O–H groups in total. The van der Waals surface area contributed by atoms with Gasteiger partial charge in [0.05, 0.1) is 0 Å². The van der Waals surface area contributed by atoms with Crippen molar-refractivity contribution in [1.29, 1.82) is 0 Å². The zero-order valence-corrected chi connectivity index (χ0v) is 13.2. The molecule has 1 atom stereocenters. The first-order valence-corrected chi connectivity index (χ1v) is 7.88. The Kier molecular flexibility index (Phi) is 6.82. The SMILES string of the molecule is C=C/C=C(\C=C)C(C)N1CCc2sccc2C1.CC. The molecule has 1 unspecified atom stereocenters. The molecule has 0 aromatic carbocycles. The van der Waals surface area contributed by atoms with Gasteiger partial charge in [0.15, 0.2) is 0 Å². The van der Waals surface area contributed by atoms with Gasteiger partial charge in [0.1, 0.15) is 0 Å². The second-order valence-corrected chi connectivity index (χ2v) is 5.37. The molecule has 2 heterocycles. The third kappa shape index (κ3) is 3.92. The Labute approximate surface area is 122 Å². The molecule has 1 aliphatic rings. The van der Waals surface area contributed by atoms with Crippen LogP contribution in [-0.2, 0) is 13.0 Å².